The number of aliphatic hydroxyl groups excluding tert-OH is 1. The predicted molar refractivity (Wildman–Crippen MR) is 139 cm³/mol. The van der Waals surface area contributed by atoms with Crippen LogP contribution in [-0.2, 0) is 28.6 Å². The highest BCUT2D eigenvalue weighted by Gasteiger charge is 2.81. The third-order valence-electron chi connectivity index (χ3n) is 11.1. The average molecular weight is 549 g/mol. The van der Waals surface area contributed by atoms with Crippen LogP contribution in [0.15, 0.2) is 29.0 Å². The van der Waals surface area contributed by atoms with E-state index >= 15 is 4.39 Å². The fourth-order valence-corrected chi connectivity index (χ4v) is 9.28. The number of hydrogen-bond donors (Lipinski definition) is 1. The molecule has 0 aromatic rings. The molecule has 6 aliphatic rings. The van der Waals surface area contributed by atoms with Crippen LogP contribution in [-0.4, -0.2) is 85.7 Å². The Kier molecular flexibility index (Phi) is 6.36. The van der Waals surface area contributed by atoms with Gasteiger partial charge in [-0.2, -0.15) is 0 Å². The first kappa shape index (κ1) is 27.3. The molecule has 0 radical (unpaired) electrons. The zero-order valence-electron chi connectivity index (χ0n) is 23.6. The summed E-state index contributed by atoms with van der Waals surface area (Å²) >= 11 is 0. The Morgan fingerprint density at radius 2 is 2.00 bits per heavy atom. The van der Waals surface area contributed by atoms with Gasteiger partial charge in [0.1, 0.15) is 24.5 Å². The number of nitrogens with zero attached hydrogens (tertiary/aromatic N) is 2. The molecule has 6 rings (SSSR count). The van der Waals surface area contributed by atoms with E-state index < -0.39 is 34.0 Å². The Labute approximate surface area is 229 Å². The lowest BCUT2D eigenvalue weighted by Gasteiger charge is -2.63. The summed E-state index contributed by atoms with van der Waals surface area (Å²) in [7, 11) is 3.40. The Bertz CT molecular complexity index is 1110. The monoisotopic (exact) mass is 548 g/mol. The van der Waals surface area contributed by atoms with Gasteiger partial charge in [-0.05, 0) is 56.6 Å². The van der Waals surface area contributed by atoms with Crippen LogP contribution in [0.2, 0.25) is 0 Å². The maximum Gasteiger partial charge on any atom is 0.227 e. The lowest BCUT2D eigenvalue weighted by molar-refractivity contribution is -0.277. The van der Waals surface area contributed by atoms with E-state index in [1.807, 2.05) is 19.1 Å². The Morgan fingerprint density at radius 3 is 2.72 bits per heavy atom. The molecule has 39 heavy (non-hydrogen) atoms. The van der Waals surface area contributed by atoms with Crippen molar-refractivity contribution in [1.29, 1.82) is 0 Å². The SMILES string of the molecule is C[C@@H]1C[C@H]2[C@@H]3CCC4=C/C(=N\OCCC(=O)N(C)C)C=C[C@]4(C)[C@@]3(F)[C@@H](O)C[C@]2(C)[C@]12OCOC21COCO1. The molecular formula is C29H41FN2O7. The van der Waals surface area contributed by atoms with E-state index in [4.69, 9.17) is 23.8 Å². The summed E-state index contributed by atoms with van der Waals surface area (Å²) in [6, 6.07) is 0. The lowest BCUT2D eigenvalue weighted by Crippen LogP contribution is -2.71. The minimum Gasteiger partial charge on any atom is -0.395 e. The number of hydrogen-bond acceptors (Lipinski definition) is 8. The molecule has 5 fully saturated rings. The molecule has 0 bridgehead atoms. The van der Waals surface area contributed by atoms with Gasteiger partial charge in [-0.1, -0.05) is 30.7 Å². The van der Waals surface area contributed by atoms with Crippen molar-refractivity contribution in [2.24, 2.45) is 33.7 Å². The standard InChI is InChI=1S/C29H41FN2O7/c1-18-12-22-21-7-6-19-13-20(31-39-11-9-24(34)32(4)5)8-10-25(19,2)28(21,30)23(33)14-26(22,3)29(18)27(37-17-38-29)15-35-16-36-27/h8,10,13,18,21-23,33H,6-7,9,11-12,14-17H2,1-5H3/b31-20-/t18-,21+,22+,23+,25+,26+,27?,28+,29-/m1/s1. The third-order valence-corrected chi connectivity index (χ3v) is 11.1. The van der Waals surface area contributed by atoms with Gasteiger partial charge in [-0.3, -0.25) is 4.79 Å². The molecule has 1 amide bonds. The summed E-state index contributed by atoms with van der Waals surface area (Å²) in [4.78, 5) is 18.7. The Balaban J connectivity index is 1.28. The summed E-state index contributed by atoms with van der Waals surface area (Å²) in [6.07, 6.45) is 6.84. The van der Waals surface area contributed by atoms with Crippen LogP contribution in [0, 0.1) is 28.6 Å². The number of rotatable bonds is 4. The van der Waals surface area contributed by atoms with E-state index in [1.165, 1.54) is 4.90 Å². The maximum atomic E-state index is 17.7. The number of aliphatic hydroxyl groups is 1. The van der Waals surface area contributed by atoms with Crippen molar-refractivity contribution >= 4 is 11.6 Å². The molecule has 1 unspecified atom stereocenters. The van der Waals surface area contributed by atoms with Crippen molar-refractivity contribution in [1.82, 2.24) is 4.90 Å². The smallest absolute Gasteiger partial charge is 0.227 e. The number of allylic oxidation sites excluding steroid dienone is 4. The van der Waals surface area contributed by atoms with Crippen LogP contribution in [0.4, 0.5) is 4.39 Å². The zero-order chi connectivity index (χ0) is 27.8. The lowest BCUT2D eigenvalue weighted by atomic mass is 9.44. The van der Waals surface area contributed by atoms with Crippen molar-refractivity contribution in [3.63, 3.8) is 0 Å². The summed E-state index contributed by atoms with van der Waals surface area (Å²) in [5.74, 6) is -1.43. The molecule has 0 aromatic heterocycles. The number of alkyl halides is 1. The second kappa shape index (κ2) is 9.08. The van der Waals surface area contributed by atoms with Crippen LogP contribution < -0.4 is 0 Å². The maximum absolute atomic E-state index is 17.7. The largest absolute Gasteiger partial charge is 0.395 e. The number of halogens is 1. The van der Waals surface area contributed by atoms with Crippen molar-refractivity contribution in [2.75, 3.05) is 40.9 Å². The molecule has 10 heteroatoms. The fraction of sp³-hybridized carbons (Fsp3) is 0.793. The van der Waals surface area contributed by atoms with Crippen LogP contribution >= 0.6 is 0 Å². The van der Waals surface area contributed by atoms with Gasteiger partial charge in [-0.15, -0.1) is 0 Å². The minimum absolute atomic E-state index is 0.0249. The first-order valence-electron chi connectivity index (χ1n) is 14.1. The number of carbonyl (C=O) groups is 1. The van der Waals surface area contributed by atoms with Gasteiger partial charge in [0.2, 0.25) is 11.7 Å². The zero-order valence-corrected chi connectivity index (χ0v) is 23.6. The van der Waals surface area contributed by atoms with Gasteiger partial charge in [0, 0.05) is 30.8 Å². The van der Waals surface area contributed by atoms with Gasteiger partial charge in [0.15, 0.2) is 19.3 Å². The molecule has 2 heterocycles. The fourth-order valence-electron chi connectivity index (χ4n) is 9.28. The molecule has 2 saturated heterocycles. The Hall–Kier alpha value is -1.85. The molecular weight excluding hydrogens is 507 g/mol. The molecule has 9 atom stereocenters. The highest BCUT2D eigenvalue weighted by atomic mass is 19.1. The van der Waals surface area contributed by atoms with Crippen LogP contribution in [0.1, 0.15) is 52.9 Å². The molecule has 4 aliphatic carbocycles. The van der Waals surface area contributed by atoms with E-state index in [-0.39, 0.29) is 63.3 Å². The molecule has 216 valence electrons. The summed E-state index contributed by atoms with van der Waals surface area (Å²) in [5.41, 5.74) is -2.73. The summed E-state index contributed by atoms with van der Waals surface area (Å²) < 4.78 is 42.0. The number of fused-ring (bicyclic) bond motifs is 7. The van der Waals surface area contributed by atoms with Gasteiger partial charge in [-0.25, -0.2) is 4.39 Å². The first-order chi connectivity index (χ1) is 18.5. The predicted octanol–water partition coefficient (Wildman–Crippen LogP) is 3.33. The second-order valence-electron chi connectivity index (χ2n) is 12.9. The molecule has 0 aromatic carbocycles. The van der Waals surface area contributed by atoms with Crippen LogP contribution in [0.25, 0.3) is 0 Å². The van der Waals surface area contributed by atoms with Gasteiger partial charge >= 0.3 is 0 Å². The third kappa shape index (κ3) is 3.41. The first-order valence-corrected chi connectivity index (χ1v) is 14.1. The van der Waals surface area contributed by atoms with E-state index in [9.17, 15) is 9.90 Å². The highest BCUT2D eigenvalue weighted by molar-refractivity contribution is 6.05. The number of amides is 1. The van der Waals surface area contributed by atoms with Crippen molar-refractivity contribution in [2.45, 2.75) is 76.0 Å². The van der Waals surface area contributed by atoms with Gasteiger partial charge < -0.3 is 33.8 Å². The van der Waals surface area contributed by atoms with Crippen molar-refractivity contribution < 1.29 is 38.1 Å². The van der Waals surface area contributed by atoms with E-state index in [0.717, 1.165) is 12.0 Å². The quantitative estimate of drug-likeness (QED) is 0.425. The highest BCUT2D eigenvalue weighted by Crippen LogP contribution is 2.74. The topological polar surface area (TPSA) is 99.1 Å². The molecule has 9 nitrogen and oxygen atoms in total. The number of oxime groups is 1. The molecule has 3 saturated carbocycles. The van der Waals surface area contributed by atoms with Crippen LogP contribution in [0.5, 0.6) is 0 Å². The van der Waals surface area contributed by atoms with Crippen molar-refractivity contribution in [3.8, 4) is 0 Å². The molecule has 2 aliphatic heterocycles. The average Bonchev–Trinajstić information content (AvgIpc) is 3.58. The Morgan fingerprint density at radius 1 is 1.23 bits per heavy atom. The summed E-state index contributed by atoms with van der Waals surface area (Å²) in [6.45, 7) is 6.84. The van der Waals surface area contributed by atoms with E-state index in [2.05, 4.69) is 19.0 Å². The van der Waals surface area contributed by atoms with Crippen LogP contribution in [0.3, 0.4) is 0 Å². The number of ether oxygens (including phenoxy) is 4. The normalized spacial score (nSPS) is 49.2. The molecule has 1 N–H and O–H groups in total. The van der Waals surface area contributed by atoms with E-state index in [0.29, 0.717) is 18.6 Å². The van der Waals surface area contributed by atoms with Gasteiger partial charge in [0.25, 0.3) is 0 Å². The summed E-state index contributed by atoms with van der Waals surface area (Å²) in [5, 5.41) is 16.0. The minimum atomic E-state index is -1.85. The molecule has 2 spiro atoms. The second-order valence-corrected chi connectivity index (χ2v) is 12.9. The number of carbonyl (C=O) groups excluding carboxylic acids is 1. The van der Waals surface area contributed by atoms with E-state index in [1.54, 1.807) is 20.2 Å². The van der Waals surface area contributed by atoms with Crippen molar-refractivity contribution in [3.05, 3.63) is 23.8 Å². The van der Waals surface area contributed by atoms with Gasteiger partial charge in [0.05, 0.1) is 12.5 Å².